The summed E-state index contributed by atoms with van der Waals surface area (Å²) in [7, 11) is 0. The van der Waals surface area contributed by atoms with Gasteiger partial charge < -0.3 is 0 Å². The number of carbonyl (C=O) groups excluding carboxylic acids is 2. The molecule has 7 heteroatoms. The molecule has 24 heavy (non-hydrogen) atoms. The van der Waals surface area contributed by atoms with Crippen molar-refractivity contribution in [2.75, 3.05) is 4.90 Å². The molecule has 3 amide bonds. The highest BCUT2D eigenvalue weighted by Crippen LogP contribution is 2.27. The van der Waals surface area contributed by atoms with Gasteiger partial charge in [0.05, 0.1) is 17.2 Å². The molecule has 1 fully saturated rings. The predicted octanol–water partition coefficient (Wildman–Crippen LogP) is 3.59. The molecule has 0 bridgehead atoms. The van der Waals surface area contributed by atoms with Gasteiger partial charge in [0.25, 0.3) is 5.91 Å². The molecule has 1 saturated heterocycles. The van der Waals surface area contributed by atoms with Gasteiger partial charge in [-0.2, -0.15) is 0 Å². The van der Waals surface area contributed by atoms with E-state index in [4.69, 9.17) is 0 Å². The first kappa shape index (κ1) is 16.6. The van der Waals surface area contributed by atoms with E-state index in [1.54, 1.807) is 18.3 Å². The van der Waals surface area contributed by atoms with Crippen LogP contribution in [0.5, 0.6) is 0 Å². The van der Waals surface area contributed by atoms with Gasteiger partial charge in [-0.15, -0.1) is 11.3 Å². The second-order valence-electron chi connectivity index (χ2n) is 5.71. The number of rotatable bonds is 5. The summed E-state index contributed by atoms with van der Waals surface area (Å²) >= 11 is 1.54. The Morgan fingerprint density at radius 3 is 2.62 bits per heavy atom. The molecule has 1 aromatic heterocycles. The normalized spacial score (nSPS) is 17.9. The Morgan fingerprint density at radius 1 is 1.25 bits per heavy atom. The molecule has 0 spiro atoms. The first-order chi connectivity index (χ1) is 11.5. The van der Waals surface area contributed by atoms with Crippen molar-refractivity contribution in [2.45, 2.75) is 39.3 Å². The highest BCUT2D eigenvalue weighted by atomic mass is 32.1. The van der Waals surface area contributed by atoms with E-state index in [9.17, 15) is 14.0 Å². The first-order valence-electron chi connectivity index (χ1n) is 7.84. The minimum absolute atomic E-state index is 0.167. The number of anilines is 1. The van der Waals surface area contributed by atoms with E-state index in [1.807, 2.05) is 5.38 Å². The minimum Gasteiger partial charge on any atom is -0.282 e. The number of aryl methyl sites for hydroxylation is 1. The summed E-state index contributed by atoms with van der Waals surface area (Å²) in [5.74, 6) is -0.651. The van der Waals surface area contributed by atoms with Crippen molar-refractivity contribution in [1.29, 1.82) is 0 Å². The van der Waals surface area contributed by atoms with Gasteiger partial charge in [-0.05, 0) is 44.0 Å². The maximum atomic E-state index is 13.1. The van der Waals surface area contributed by atoms with E-state index in [2.05, 4.69) is 11.9 Å². The molecule has 1 aliphatic heterocycles. The van der Waals surface area contributed by atoms with Crippen LogP contribution in [0.1, 0.15) is 31.0 Å². The maximum absolute atomic E-state index is 13.1. The molecule has 3 rings (SSSR count). The summed E-state index contributed by atoms with van der Waals surface area (Å²) in [6.07, 6.45) is 1.90. The summed E-state index contributed by atoms with van der Waals surface area (Å²) in [6, 6.07) is 4.55. The quantitative estimate of drug-likeness (QED) is 0.777. The number of hydrogen-bond acceptors (Lipinski definition) is 4. The molecule has 1 aromatic carbocycles. The SMILES string of the molecule is CCCc1nc(CN2C(=O)[C@@H](C)N(c3ccc(F)cc3)C2=O)cs1. The van der Waals surface area contributed by atoms with Crippen molar-refractivity contribution in [3.8, 4) is 0 Å². The minimum atomic E-state index is -0.614. The third-order valence-corrected chi connectivity index (χ3v) is 4.89. The molecular weight excluding hydrogens is 329 g/mol. The van der Waals surface area contributed by atoms with Crippen LogP contribution in [-0.2, 0) is 17.8 Å². The number of amides is 3. The van der Waals surface area contributed by atoms with Crippen molar-refractivity contribution in [3.05, 3.63) is 46.2 Å². The second-order valence-corrected chi connectivity index (χ2v) is 6.65. The van der Waals surface area contributed by atoms with E-state index >= 15 is 0 Å². The number of nitrogens with zero attached hydrogens (tertiary/aromatic N) is 3. The maximum Gasteiger partial charge on any atom is 0.332 e. The molecule has 0 aliphatic carbocycles. The lowest BCUT2D eigenvalue weighted by Gasteiger charge is -2.19. The van der Waals surface area contributed by atoms with Crippen LogP contribution in [0, 0.1) is 5.82 Å². The van der Waals surface area contributed by atoms with Crippen molar-refractivity contribution >= 4 is 29.0 Å². The number of carbonyl (C=O) groups is 2. The van der Waals surface area contributed by atoms with Gasteiger partial charge in [-0.25, -0.2) is 14.2 Å². The van der Waals surface area contributed by atoms with Crippen LogP contribution in [0.15, 0.2) is 29.6 Å². The lowest BCUT2D eigenvalue weighted by Crippen LogP contribution is -2.33. The van der Waals surface area contributed by atoms with Gasteiger partial charge in [0, 0.05) is 11.1 Å². The fourth-order valence-electron chi connectivity index (χ4n) is 2.72. The summed E-state index contributed by atoms with van der Waals surface area (Å²) in [5.41, 5.74) is 1.23. The van der Waals surface area contributed by atoms with E-state index < -0.39 is 12.1 Å². The lowest BCUT2D eigenvalue weighted by atomic mass is 10.2. The Kier molecular flexibility index (Phi) is 4.62. The summed E-state index contributed by atoms with van der Waals surface area (Å²) in [6.45, 7) is 3.92. The van der Waals surface area contributed by atoms with E-state index in [-0.39, 0.29) is 18.3 Å². The molecule has 0 saturated carbocycles. The predicted molar refractivity (Wildman–Crippen MR) is 90.4 cm³/mol. The van der Waals surface area contributed by atoms with Crippen molar-refractivity contribution < 1.29 is 14.0 Å². The Bertz CT molecular complexity index is 759. The Hall–Kier alpha value is -2.28. The van der Waals surface area contributed by atoms with Gasteiger partial charge >= 0.3 is 6.03 Å². The molecule has 1 aliphatic rings. The lowest BCUT2D eigenvalue weighted by molar-refractivity contribution is -0.127. The molecule has 1 atom stereocenters. The smallest absolute Gasteiger partial charge is 0.282 e. The van der Waals surface area contributed by atoms with E-state index in [1.165, 1.54) is 34.1 Å². The number of hydrogen-bond donors (Lipinski definition) is 0. The zero-order valence-electron chi connectivity index (χ0n) is 13.5. The molecule has 0 unspecified atom stereocenters. The first-order valence-corrected chi connectivity index (χ1v) is 8.72. The molecular formula is C17H18FN3O2S. The highest BCUT2D eigenvalue weighted by Gasteiger charge is 2.43. The monoisotopic (exact) mass is 347 g/mol. The van der Waals surface area contributed by atoms with Gasteiger partial charge in [0.2, 0.25) is 0 Å². The fourth-order valence-corrected chi connectivity index (χ4v) is 3.61. The standard InChI is InChI=1S/C17H18FN3O2S/c1-3-4-15-19-13(10-24-15)9-20-16(22)11(2)21(17(20)23)14-7-5-12(18)6-8-14/h5-8,10-11H,3-4,9H2,1-2H3/t11-/m1/s1. The molecule has 0 N–H and O–H groups in total. The summed E-state index contributed by atoms with van der Waals surface area (Å²) in [4.78, 5) is 32.2. The van der Waals surface area contributed by atoms with Crippen LogP contribution in [0.4, 0.5) is 14.9 Å². The number of benzene rings is 1. The Morgan fingerprint density at radius 2 is 1.96 bits per heavy atom. The van der Waals surface area contributed by atoms with Crippen molar-refractivity contribution in [3.63, 3.8) is 0 Å². The number of thiazole rings is 1. The highest BCUT2D eigenvalue weighted by molar-refractivity contribution is 7.09. The van der Waals surface area contributed by atoms with Gasteiger partial charge in [0.1, 0.15) is 11.9 Å². The summed E-state index contributed by atoms with van der Waals surface area (Å²) in [5, 5.41) is 2.89. The van der Waals surface area contributed by atoms with E-state index in [0.717, 1.165) is 23.5 Å². The van der Waals surface area contributed by atoms with E-state index in [0.29, 0.717) is 5.69 Å². The van der Waals surface area contributed by atoms with Gasteiger partial charge in [-0.1, -0.05) is 6.92 Å². The average molecular weight is 347 g/mol. The molecule has 5 nitrogen and oxygen atoms in total. The van der Waals surface area contributed by atoms with Gasteiger partial charge in [0.15, 0.2) is 0 Å². The zero-order chi connectivity index (χ0) is 17.3. The number of imide groups is 1. The van der Waals surface area contributed by atoms with Crippen LogP contribution in [0.3, 0.4) is 0 Å². The molecule has 126 valence electrons. The largest absolute Gasteiger partial charge is 0.332 e. The third-order valence-electron chi connectivity index (χ3n) is 3.94. The topological polar surface area (TPSA) is 53.5 Å². The summed E-state index contributed by atoms with van der Waals surface area (Å²) < 4.78 is 13.1. The fraction of sp³-hybridized carbons (Fsp3) is 0.353. The van der Waals surface area contributed by atoms with Crippen LogP contribution >= 0.6 is 11.3 Å². The van der Waals surface area contributed by atoms with Crippen LogP contribution in [0.2, 0.25) is 0 Å². The Balaban J connectivity index is 1.80. The number of aromatic nitrogens is 1. The average Bonchev–Trinajstić information content (AvgIpc) is 3.08. The van der Waals surface area contributed by atoms with Crippen LogP contribution in [-0.4, -0.2) is 27.9 Å². The van der Waals surface area contributed by atoms with Crippen molar-refractivity contribution in [1.82, 2.24) is 9.88 Å². The number of urea groups is 1. The van der Waals surface area contributed by atoms with Crippen molar-refractivity contribution in [2.24, 2.45) is 0 Å². The third kappa shape index (κ3) is 3.03. The van der Waals surface area contributed by atoms with Crippen LogP contribution in [0.25, 0.3) is 0 Å². The number of halogens is 1. The zero-order valence-corrected chi connectivity index (χ0v) is 14.3. The van der Waals surface area contributed by atoms with Crippen LogP contribution < -0.4 is 4.90 Å². The second kappa shape index (κ2) is 6.68. The molecule has 0 radical (unpaired) electrons. The Labute approximate surface area is 143 Å². The molecule has 2 aromatic rings. The van der Waals surface area contributed by atoms with Gasteiger partial charge in [-0.3, -0.25) is 14.6 Å². The molecule has 2 heterocycles.